The number of hydrogen-bond donors (Lipinski definition) is 2. The monoisotopic (exact) mass is 296 g/mol. The van der Waals surface area contributed by atoms with Crippen LogP contribution in [0.3, 0.4) is 0 Å². The molecule has 0 aliphatic rings. The van der Waals surface area contributed by atoms with Crippen LogP contribution in [-0.2, 0) is 6.54 Å². The van der Waals surface area contributed by atoms with Gasteiger partial charge in [0.15, 0.2) is 0 Å². The van der Waals surface area contributed by atoms with Gasteiger partial charge in [0, 0.05) is 23.9 Å². The first-order valence-corrected chi connectivity index (χ1v) is 6.00. The van der Waals surface area contributed by atoms with E-state index in [9.17, 15) is 19.6 Å². The Bertz CT molecular complexity index is 664. The summed E-state index contributed by atoms with van der Waals surface area (Å²) in [6.45, 7) is 0.164. The second kappa shape index (κ2) is 5.75. The molecule has 5 nitrogen and oxygen atoms in total. The smallest absolute Gasteiger partial charge is 0.288 e. The molecule has 0 heterocycles. The van der Waals surface area contributed by atoms with Crippen LogP contribution in [0.1, 0.15) is 5.56 Å². The Morgan fingerprint density at radius 2 is 2.05 bits per heavy atom. The maximum absolute atomic E-state index is 13.0. The van der Waals surface area contributed by atoms with Crippen LogP contribution < -0.4 is 5.32 Å². The number of hydrogen-bond acceptors (Lipinski definition) is 4. The van der Waals surface area contributed by atoms with E-state index in [1.807, 2.05) is 0 Å². The number of benzene rings is 2. The lowest BCUT2D eigenvalue weighted by molar-refractivity contribution is -0.384. The molecule has 0 aromatic heterocycles. The van der Waals surface area contributed by atoms with Crippen LogP contribution in [0.5, 0.6) is 5.75 Å². The summed E-state index contributed by atoms with van der Waals surface area (Å²) in [6, 6.07) is 7.78. The predicted octanol–water partition coefficient (Wildman–Crippen LogP) is 3.71. The lowest BCUT2D eigenvalue weighted by atomic mass is 10.2. The third-order valence-corrected chi connectivity index (χ3v) is 2.97. The number of nitrogens with zero attached hydrogens (tertiary/aromatic N) is 1. The first kappa shape index (κ1) is 14.1. The highest BCUT2D eigenvalue weighted by Gasteiger charge is 2.12. The number of halogens is 2. The highest BCUT2D eigenvalue weighted by atomic mass is 35.5. The van der Waals surface area contributed by atoms with Crippen LogP contribution in [0.15, 0.2) is 36.4 Å². The summed E-state index contributed by atoms with van der Waals surface area (Å²) < 4.78 is 13.0. The molecule has 2 rings (SSSR count). The van der Waals surface area contributed by atoms with E-state index in [0.29, 0.717) is 11.3 Å². The lowest BCUT2D eigenvalue weighted by Crippen LogP contribution is -2.00. The zero-order valence-electron chi connectivity index (χ0n) is 10.1. The highest BCUT2D eigenvalue weighted by Crippen LogP contribution is 2.28. The van der Waals surface area contributed by atoms with Gasteiger partial charge in [-0.15, -0.1) is 0 Å². The second-order valence-corrected chi connectivity index (χ2v) is 4.46. The van der Waals surface area contributed by atoms with Crippen LogP contribution in [0.2, 0.25) is 5.02 Å². The maximum atomic E-state index is 13.0. The minimum Gasteiger partial charge on any atom is -0.508 e. The summed E-state index contributed by atoms with van der Waals surface area (Å²) >= 11 is 5.77. The van der Waals surface area contributed by atoms with Crippen molar-refractivity contribution in [3.63, 3.8) is 0 Å². The molecule has 0 radical (unpaired) electrons. The van der Waals surface area contributed by atoms with Crippen molar-refractivity contribution in [2.24, 2.45) is 0 Å². The van der Waals surface area contributed by atoms with Crippen LogP contribution >= 0.6 is 11.6 Å². The fraction of sp³-hybridized carbons (Fsp3) is 0.0769. The Hall–Kier alpha value is -2.34. The molecule has 0 aliphatic heterocycles. The van der Waals surface area contributed by atoms with E-state index in [0.717, 1.165) is 6.07 Å². The van der Waals surface area contributed by atoms with Crippen molar-refractivity contribution in [3.8, 4) is 5.75 Å². The summed E-state index contributed by atoms with van der Waals surface area (Å²) in [5.41, 5.74) is 0.717. The maximum Gasteiger partial charge on any atom is 0.288 e. The molecule has 0 amide bonds. The topological polar surface area (TPSA) is 75.4 Å². The van der Waals surface area contributed by atoms with E-state index in [-0.39, 0.29) is 23.0 Å². The Labute approximate surface area is 118 Å². The number of phenolic OH excluding ortho intramolecular Hbond substituents is 1. The quantitative estimate of drug-likeness (QED) is 0.666. The number of nitro benzene ring substituents is 1. The minimum absolute atomic E-state index is 0.00321. The van der Waals surface area contributed by atoms with Crippen LogP contribution in [0, 0.1) is 15.9 Å². The molecule has 2 N–H and O–H groups in total. The fourth-order valence-corrected chi connectivity index (χ4v) is 1.91. The van der Waals surface area contributed by atoms with Gasteiger partial charge in [-0.05, 0) is 30.3 Å². The number of nitro groups is 1. The zero-order valence-corrected chi connectivity index (χ0v) is 10.9. The van der Waals surface area contributed by atoms with E-state index >= 15 is 0 Å². The third kappa shape index (κ3) is 3.16. The van der Waals surface area contributed by atoms with Gasteiger partial charge in [-0.1, -0.05) is 11.6 Å². The van der Waals surface area contributed by atoms with Gasteiger partial charge in [0.05, 0.1) is 4.92 Å². The standard InChI is InChI=1S/C13H10ClFN2O3/c14-11-6-10(2-3-12(11)17(19)20)16-7-8-5-9(15)1-4-13(8)18/h1-6,16,18H,7H2. The van der Waals surface area contributed by atoms with E-state index in [1.54, 1.807) is 0 Å². The molecule has 0 spiro atoms. The van der Waals surface area contributed by atoms with Gasteiger partial charge in [-0.3, -0.25) is 10.1 Å². The molecule has 2 aromatic rings. The number of nitrogens with one attached hydrogen (secondary N) is 1. The number of anilines is 1. The van der Waals surface area contributed by atoms with E-state index in [1.165, 1.54) is 30.3 Å². The molecule has 0 unspecified atom stereocenters. The normalized spacial score (nSPS) is 10.3. The summed E-state index contributed by atoms with van der Waals surface area (Å²) in [4.78, 5) is 10.0. The second-order valence-electron chi connectivity index (χ2n) is 4.05. The van der Waals surface area contributed by atoms with Crippen LogP contribution in [0.25, 0.3) is 0 Å². The van der Waals surface area contributed by atoms with Gasteiger partial charge in [-0.2, -0.15) is 0 Å². The van der Waals surface area contributed by atoms with Gasteiger partial charge >= 0.3 is 0 Å². The molecule has 0 saturated heterocycles. The van der Waals surface area contributed by atoms with Crippen molar-refractivity contribution in [3.05, 3.63) is 62.9 Å². The molecule has 0 bridgehead atoms. The predicted molar refractivity (Wildman–Crippen MR) is 73.5 cm³/mol. The van der Waals surface area contributed by atoms with Gasteiger partial charge in [-0.25, -0.2) is 4.39 Å². The van der Waals surface area contributed by atoms with Crippen molar-refractivity contribution in [2.45, 2.75) is 6.54 Å². The third-order valence-electron chi connectivity index (χ3n) is 2.67. The van der Waals surface area contributed by atoms with Gasteiger partial charge in [0.25, 0.3) is 5.69 Å². The average Bonchev–Trinajstić information content (AvgIpc) is 2.39. The summed E-state index contributed by atoms with van der Waals surface area (Å²) in [5.74, 6) is -0.492. The van der Waals surface area contributed by atoms with Gasteiger partial charge in [0.1, 0.15) is 16.6 Å². The molecule has 0 atom stereocenters. The average molecular weight is 297 g/mol. The minimum atomic E-state index is -0.579. The Morgan fingerprint density at radius 3 is 2.70 bits per heavy atom. The van der Waals surface area contributed by atoms with Crippen LogP contribution in [0.4, 0.5) is 15.8 Å². The lowest BCUT2D eigenvalue weighted by Gasteiger charge is -2.08. The van der Waals surface area contributed by atoms with Crippen molar-refractivity contribution in [1.82, 2.24) is 0 Å². The summed E-state index contributed by atoms with van der Waals surface area (Å²) in [7, 11) is 0. The molecule has 20 heavy (non-hydrogen) atoms. The molecular formula is C13H10ClFN2O3. The van der Waals surface area contributed by atoms with Crippen molar-refractivity contribution in [2.75, 3.05) is 5.32 Å². The Kier molecular flexibility index (Phi) is 4.05. The van der Waals surface area contributed by atoms with E-state index < -0.39 is 10.7 Å². The molecule has 7 heteroatoms. The van der Waals surface area contributed by atoms with Crippen molar-refractivity contribution >= 4 is 23.0 Å². The fourth-order valence-electron chi connectivity index (χ4n) is 1.66. The molecule has 0 saturated carbocycles. The first-order chi connectivity index (χ1) is 9.47. The molecule has 0 aliphatic carbocycles. The Morgan fingerprint density at radius 1 is 1.30 bits per heavy atom. The zero-order chi connectivity index (χ0) is 14.7. The first-order valence-electron chi connectivity index (χ1n) is 5.62. The summed E-state index contributed by atoms with van der Waals surface area (Å²) in [6.07, 6.45) is 0. The SMILES string of the molecule is O=[N+]([O-])c1ccc(NCc2cc(F)ccc2O)cc1Cl. The summed E-state index contributed by atoms with van der Waals surface area (Å²) in [5, 5.41) is 23.1. The molecule has 2 aromatic carbocycles. The van der Waals surface area contributed by atoms with Crippen molar-refractivity contribution < 1.29 is 14.4 Å². The number of aromatic hydroxyl groups is 1. The van der Waals surface area contributed by atoms with E-state index in [2.05, 4.69) is 5.32 Å². The van der Waals surface area contributed by atoms with E-state index in [4.69, 9.17) is 11.6 Å². The number of rotatable bonds is 4. The van der Waals surface area contributed by atoms with Gasteiger partial charge < -0.3 is 10.4 Å². The molecular weight excluding hydrogens is 287 g/mol. The number of phenols is 1. The Balaban J connectivity index is 2.13. The van der Waals surface area contributed by atoms with Gasteiger partial charge in [0.2, 0.25) is 0 Å². The van der Waals surface area contributed by atoms with Crippen molar-refractivity contribution in [1.29, 1.82) is 0 Å². The highest BCUT2D eigenvalue weighted by molar-refractivity contribution is 6.32. The largest absolute Gasteiger partial charge is 0.508 e. The van der Waals surface area contributed by atoms with Crippen LogP contribution in [-0.4, -0.2) is 10.0 Å². The molecule has 104 valence electrons. The molecule has 0 fully saturated rings.